The van der Waals surface area contributed by atoms with Gasteiger partial charge in [-0.05, 0) is 56.0 Å². The molecule has 1 fully saturated rings. The number of piperidine rings is 1. The highest BCUT2D eigenvalue weighted by Gasteiger charge is 2.13. The molecule has 0 saturated carbocycles. The highest BCUT2D eigenvalue weighted by atomic mass is 35.5. The molecule has 2 rings (SSSR count). The van der Waals surface area contributed by atoms with Crippen molar-refractivity contribution in [3.63, 3.8) is 0 Å². The largest absolute Gasteiger partial charge is 0.380 e. The molecule has 2 N–H and O–H groups in total. The van der Waals surface area contributed by atoms with Crippen LogP contribution in [0, 0.1) is 5.92 Å². The minimum atomic E-state index is 0. The van der Waals surface area contributed by atoms with E-state index in [1.807, 2.05) is 24.3 Å². The van der Waals surface area contributed by atoms with Crippen molar-refractivity contribution in [2.45, 2.75) is 25.9 Å². The predicted molar refractivity (Wildman–Crippen MR) is 86.9 cm³/mol. The maximum atomic E-state index is 12.1. The van der Waals surface area contributed by atoms with Gasteiger partial charge >= 0.3 is 0 Å². The number of hydrogen-bond acceptors (Lipinski definition) is 3. The van der Waals surface area contributed by atoms with E-state index in [0.29, 0.717) is 18.1 Å². The number of rotatable bonds is 6. The molecule has 0 spiro atoms. The second-order valence-electron chi connectivity index (χ2n) is 5.39. The van der Waals surface area contributed by atoms with Crippen molar-refractivity contribution in [1.82, 2.24) is 10.6 Å². The highest BCUT2D eigenvalue weighted by Crippen LogP contribution is 2.13. The summed E-state index contributed by atoms with van der Waals surface area (Å²) in [5.74, 6) is 0.704. The highest BCUT2D eigenvalue weighted by molar-refractivity contribution is 5.94. The number of halogens is 1. The van der Waals surface area contributed by atoms with Gasteiger partial charge in [-0.2, -0.15) is 0 Å². The first-order valence-corrected chi connectivity index (χ1v) is 7.36. The summed E-state index contributed by atoms with van der Waals surface area (Å²) < 4.78 is 5.08. The number of amides is 1. The summed E-state index contributed by atoms with van der Waals surface area (Å²) in [4.78, 5) is 12.1. The Labute approximate surface area is 133 Å². The second kappa shape index (κ2) is 9.77. The molecule has 0 radical (unpaired) electrons. The molecule has 0 bridgehead atoms. The van der Waals surface area contributed by atoms with E-state index in [9.17, 15) is 4.79 Å². The number of ether oxygens (including phenoxy) is 1. The number of carbonyl (C=O) groups is 1. The van der Waals surface area contributed by atoms with Gasteiger partial charge in [0.15, 0.2) is 0 Å². The third kappa shape index (κ3) is 6.04. The van der Waals surface area contributed by atoms with Gasteiger partial charge in [0.05, 0.1) is 6.61 Å². The SMILES string of the molecule is COCc1cccc(C(=O)NCCC2CCCNC2)c1.Cl. The lowest BCUT2D eigenvalue weighted by molar-refractivity contribution is 0.0950. The zero-order valence-corrected chi connectivity index (χ0v) is 13.4. The van der Waals surface area contributed by atoms with Crippen LogP contribution in [0.15, 0.2) is 24.3 Å². The zero-order chi connectivity index (χ0) is 14.2. The molecule has 0 aliphatic carbocycles. The lowest BCUT2D eigenvalue weighted by atomic mass is 9.96. The normalized spacial score (nSPS) is 17.9. The number of hydrogen-bond donors (Lipinski definition) is 2. The lowest BCUT2D eigenvalue weighted by Crippen LogP contribution is -2.33. The first-order chi connectivity index (χ1) is 9.79. The van der Waals surface area contributed by atoms with E-state index in [2.05, 4.69) is 10.6 Å². The minimum absolute atomic E-state index is 0. The molecule has 0 aromatic heterocycles. The molecular weight excluding hydrogens is 288 g/mol. The van der Waals surface area contributed by atoms with Crippen molar-refractivity contribution < 1.29 is 9.53 Å². The maximum Gasteiger partial charge on any atom is 0.251 e. The van der Waals surface area contributed by atoms with Crippen LogP contribution in [0.5, 0.6) is 0 Å². The van der Waals surface area contributed by atoms with Gasteiger partial charge in [-0.15, -0.1) is 12.4 Å². The molecule has 118 valence electrons. The molecule has 4 nitrogen and oxygen atoms in total. The van der Waals surface area contributed by atoms with Crippen molar-refractivity contribution in [3.05, 3.63) is 35.4 Å². The lowest BCUT2D eigenvalue weighted by Gasteiger charge is -2.22. The standard InChI is InChI=1S/C16H24N2O2.ClH/c1-20-12-14-4-2-6-15(10-14)16(19)18-9-7-13-5-3-8-17-11-13;/h2,4,6,10,13,17H,3,5,7-9,11-12H2,1H3,(H,18,19);1H. The molecule has 5 heteroatoms. The molecule has 1 aromatic rings. The van der Waals surface area contributed by atoms with Crippen molar-refractivity contribution in [2.75, 3.05) is 26.7 Å². The predicted octanol–water partition coefficient (Wildman–Crippen LogP) is 2.37. The Morgan fingerprint density at radius 2 is 2.33 bits per heavy atom. The van der Waals surface area contributed by atoms with Gasteiger partial charge in [0.25, 0.3) is 5.91 Å². The summed E-state index contributed by atoms with van der Waals surface area (Å²) in [6.45, 7) is 3.50. The maximum absolute atomic E-state index is 12.1. The van der Waals surface area contributed by atoms with E-state index in [-0.39, 0.29) is 18.3 Å². The summed E-state index contributed by atoms with van der Waals surface area (Å²) in [7, 11) is 1.66. The van der Waals surface area contributed by atoms with E-state index >= 15 is 0 Å². The molecule has 1 atom stereocenters. The first kappa shape index (κ1) is 18.0. The van der Waals surface area contributed by atoms with Crippen LogP contribution in [0.1, 0.15) is 35.2 Å². The first-order valence-electron chi connectivity index (χ1n) is 7.36. The van der Waals surface area contributed by atoms with Gasteiger partial charge in [-0.25, -0.2) is 0 Å². The van der Waals surface area contributed by atoms with Crippen LogP contribution in [-0.2, 0) is 11.3 Å². The van der Waals surface area contributed by atoms with E-state index in [1.165, 1.54) is 12.8 Å². The molecule has 1 heterocycles. The van der Waals surface area contributed by atoms with Gasteiger partial charge in [-0.1, -0.05) is 12.1 Å². The average Bonchev–Trinajstić information content (AvgIpc) is 2.49. The van der Waals surface area contributed by atoms with E-state index in [0.717, 1.165) is 31.6 Å². The Bertz CT molecular complexity index is 434. The molecular formula is C16H25ClN2O2. The number of nitrogens with one attached hydrogen (secondary N) is 2. The molecule has 1 aliphatic rings. The number of carbonyl (C=O) groups excluding carboxylic acids is 1. The van der Waals surface area contributed by atoms with E-state index in [1.54, 1.807) is 7.11 Å². The average molecular weight is 313 g/mol. The van der Waals surface area contributed by atoms with Crippen LogP contribution in [0.3, 0.4) is 0 Å². The molecule has 1 aromatic carbocycles. The van der Waals surface area contributed by atoms with Crippen LogP contribution in [0.2, 0.25) is 0 Å². The quantitative estimate of drug-likeness (QED) is 0.848. The zero-order valence-electron chi connectivity index (χ0n) is 12.6. The summed E-state index contributed by atoms with van der Waals surface area (Å²) >= 11 is 0. The van der Waals surface area contributed by atoms with Crippen molar-refractivity contribution in [2.24, 2.45) is 5.92 Å². The second-order valence-corrected chi connectivity index (χ2v) is 5.39. The molecule has 1 amide bonds. The van der Waals surface area contributed by atoms with Gasteiger partial charge < -0.3 is 15.4 Å². The van der Waals surface area contributed by atoms with Crippen LogP contribution >= 0.6 is 12.4 Å². The topological polar surface area (TPSA) is 50.4 Å². The number of methoxy groups -OCH3 is 1. The summed E-state index contributed by atoms with van der Waals surface area (Å²) in [5, 5.41) is 6.41. The summed E-state index contributed by atoms with van der Waals surface area (Å²) in [6.07, 6.45) is 3.57. The van der Waals surface area contributed by atoms with Crippen molar-refractivity contribution >= 4 is 18.3 Å². The van der Waals surface area contributed by atoms with Gasteiger partial charge in [0, 0.05) is 19.2 Å². The van der Waals surface area contributed by atoms with Crippen LogP contribution in [-0.4, -0.2) is 32.7 Å². The smallest absolute Gasteiger partial charge is 0.251 e. The Balaban J connectivity index is 0.00000220. The third-order valence-corrected chi connectivity index (χ3v) is 3.74. The Hall–Kier alpha value is -1.10. The van der Waals surface area contributed by atoms with Crippen LogP contribution in [0.25, 0.3) is 0 Å². The van der Waals surface area contributed by atoms with E-state index < -0.39 is 0 Å². The van der Waals surface area contributed by atoms with E-state index in [4.69, 9.17) is 4.74 Å². The fraction of sp³-hybridized carbons (Fsp3) is 0.562. The van der Waals surface area contributed by atoms with Crippen molar-refractivity contribution in [3.8, 4) is 0 Å². The van der Waals surface area contributed by atoms with Gasteiger partial charge in [0.2, 0.25) is 0 Å². The van der Waals surface area contributed by atoms with Crippen molar-refractivity contribution in [1.29, 1.82) is 0 Å². The summed E-state index contributed by atoms with van der Waals surface area (Å²) in [6, 6.07) is 7.60. The monoisotopic (exact) mass is 312 g/mol. The molecule has 1 aliphatic heterocycles. The van der Waals surface area contributed by atoms with Gasteiger partial charge in [-0.3, -0.25) is 4.79 Å². The molecule has 1 unspecified atom stereocenters. The minimum Gasteiger partial charge on any atom is -0.380 e. The Kier molecular flexibility index (Phi) is 8.35. The van der Waals surface area contributed by atoms with Gasteiger partial charge in [0.1, 0.15) is 0 Å². The fourth-order valence-corrected chi connectivity index (χ4v) is 2.63. The third-order valence-electron chi connectivity index (χ3n) is 3.74. The summed E-state index contributed by atoms with van der Waals surface area (Å²) in [5.41, 5.74) is 1.73. The molecule has 21 heavy (non-hydrogen) atoms. The fourth-order valence-electron chi connectivity index (χ4n) is 2.63. The Morgan fingerprint density at radius 3 is 3.05 bits per heavy atom. The molecule has 1 saturated heterocycles. The number of benzene rings is 1. The van der Waals surface area contributed by atoms with Crippen LogP contribution < -0.4 is 10.6 Å². The van der Waals surface area contributed by atoms with Crippen LogP contribution in [0.4, 0.5) is 0 Å². The Morgan fingerprint density at radius 1 is 1.48 bits per heavy atom.